The number of fused-ring (bicyclic) bond motifs is 22. The van der Waals surface area contributed by atoms with Crippen molar-refractivity contribution in [2.24, 2.45) is 0 Å². The average molecular weight is 861 g/mol. The van der Waals surface area contributed by atoms with Crippen LogP contribution in [0.1, 0.15) is 0 Å². The Balaban J connectivity index is 1.11. The van der Waals surface area contributed by atoms with Gasteiger partial charge in [0.2, 0.25) is 0 Å². The largest absolute Gasteiger partial charge is 0.309 e. The zero-order valence-electron chi connectivity index (χ0n) is 37.0. The summed E-state index contributed by atoms with van der Waals surface area (Å²) in [6.45, 7) is 0. The Morgan fingerprint density at radius 3 is 0.603 bits per heavy atom. The van der Waals surface area contributed by atoms with Crippen molar-refractivity contribution >= 4 is 130 Å². The van der Waals surface area contributed by atoms with Crippen LogP contribution in [0.25, 0.3) is 141 Å². The fourth-order valence-corrected chi connectivity index (χ4v) is 12.0. The molecule has 0 atom stereocenters. The van der Waals surface area contributed by atoms with Crippen LogP contribution >= 0.6 is 0 Å². The molecule has 0 saturated heterocycles. The van der Waals surface area contributed by atoms with E-state index in [2.05, 4.69) is 252 Å². The van der Waals surface area contributed by atoms with Gasteiger partial charge in [-0.1, -0.05) is 182 Å². The second kappa shape index (κ2) is 14.3. The summed E-state index contributed by atoms with van der Waals surface area (Å²) in [6.07, 6.45) is 0. The molecule has 13 aromatic carbocycles. The Morgan fingerprint density at radius 1 is 0.147 bits per heavy atom. The normalized spacial score (nSPS) is 12.1. The van der Waals surface area contributed by atoms with Crippen molar-refractivity contribution in [2.45, 2.75) is 0 Å². The van der Waals surface area contributed by atoms with Crippen molar-refractivity contribution in [1.82, 2.24) is 9.13 Å². The van der Waals surface area contributed by atoms with Crippen LogP contribution in [0.2, 0.25) is 0 Å². The lowest BCUT2D eigenvalue weighted by atomic mass is 9.89. The van der Waals surface area contributed by atoms with Crippen molar-refractivity contribution < 1.29 is 0 Å². The van der Waals surface area contributed by atoms with Crippen molar-refractivity contribution in [2.75, 3.05) is 0 Å². The average Bonchev–Trinajstić information content (AvgIpc) is 3.93. The summed E-state index contributed by atoms with van der Waals surface area (Å²) in [4.78, 5) is 0. The molecule has 0 unspecified atom stereocenters. The predicted octanol–water partition coefficient (Wildman–Crippen LogP) is 18.2. The van der Waals surface area contributed by atoms with E-state index < -0.39 is 0 Å². The second-order valence-electron chi connectivity index (χ2n) is 18.3. The molecule has 0 amide bonds. The Morgan fingerprint density at radius 2 is 0.338 bits per heavy atom. The molecule has 0 aliphatic carbocycles. The minimum atomic E-state index is 1.15. The molecule has 15 aromatic rings. The molecular formula is C66H40N2. The van der Waals surface area contributed by atoms with Crippen LogP contribution in [0, 0.1) is 0 Å². The van der Waals surface area contributed by atoms with Crippen LogP contribution in [0.4, 0.5) is 0 Å². The fraction of sp³-hybridized carbons (Fsp3) is 0. The molecule has 0 radical (unpaired) electrons. The number of rotatable bonds is 2. The first-order valence-corrected chi connectivity index (χ1v) is 23.6. The van der Waals surface area contributed by atoms with Gasteiger partial charge in [-0.05, 0) is 147 Å². The zero-order valence-corrected chi connectivity index (χ0v) is 37.0. The van der Waals surface area contributed by atoms with Crippen molar-refractivity contribution in [3.63, 3.8) is 0 Å². The molecule has 68 heavy (non-hydrogen) atoms. The van der Waals surface area contributed by atoms with Gasteiger partial charge in [0.15, 0.2) is 0 Å². The van der Waals surface area contributed by atoms with E-state index in [0.717, 1.165) is 11.4 Å². The summed E-state index contributed by atoms with van der Waals surface area (Å²) < 4.78 is 4.88. The van der Waals surface area contributed by atoms with Gasteiger partial charge in [-0.3, -0.25) is 0 Å². The first-order chi connectivity index (χ1) is 33.8. The summed E-state index contributed by atoms with van der Waals surface area (Å²) in [7, 11) is 0. The summed E-state index contributed by atoms with van der Waals surface area (Å²) in [6, 6.07) is 90.6. The Bertz CT molecular complexity index is 4330. The van der Waals surface area contributed by atoms with Crippen LogP contribution < -0.4 is 0 Å². The quantitative estimate of drug-likeness (QED) is 0.164. The number of nitrogens with zero attached hydrogens (tertiary/aromatic N) is 2. The van der Waals surface area contributed by atoms with Crippen LogP contribution in [-0.4, -0.2) is 9.13 Å². The molecule has 314 valence electrons. The van der Waals surface area contributed by atoms with Gasteiger partial charge < -0.3 is 9.13 Å². The molecule has 2 nitrogen and oxygen atoms in total. The van der Waals surface area contributed by atoms with Gasteiger partial charge in [-0.25, -0.2) is 0 Å². The fourth-order valence-electron chi connectivity index (χ4n) is 12.0. The minimum Gasteiger partial charge on any atom is -0.309 e. The topological polar surface area (TPSA) is 9.86 Å². The maximum Gasteiger partial charge on any atom is 0.0541 e. The highest BCUT2D eigenvalue weighted by molar-refractivity contribution is 6.32. The molecule has 0 saturated carbocycles. The third-order valence-electron chi connectivity index (χ3n) is 14.9. The van der Waals surface area contributed by atoms with Crippen molar-refractivity contribution in [3.8, 4) is 11.4 Å². The summed E-state index contributed by atoms with van der Waals surface area (Å²) in [5.41, 5.74) is 7.13. The van der Waals surface area contributed by atoms with Gasteiger partial charge in [-0.2, -0.15) is 0 Å². The summed E-state index contributed by atoms with van der Waals surface area (Å²) in [5, 5.41) is 24.7. The van der Waals surface area contributed by atoms with E-state index in [4.69, 9.17) is 0 Å². The van der Waals surface area contributed by atoms with Gasteiger partial charge in [0.05, 0.1) is 22.1 Å². The van der Waals surface area contributed by atoms with Crippen LogP contribution in [0.5, 0.6) is 0 Å². The molecule has 0 spiro atoms. The van der Waals surface area contributed by atoms with Gasteiger partial charge >= 0.3 is 0 Å². The van der Waals surface area contributed by atoms with Gasteiger partial charge in [-0.15, -0.1) is 0 Å². The van der Waals surface area contributed by atoms with Crippen molar-refractivity contribution in [3.05, 3.63) is 243 Å². The molecule has 2 heteroatoms. The van der Waals surface area contributed by atoms with E-state index in [1.807, 2.05) is 0 Å². The molecule has 0 aliphatic heterocycles. The second-order valence-corrected chi connectivity index (χ2v) is 18.3. The Kier molecular flexibility index (Phi) is 7.81. The van der Waals surface area contributed by atoms with E-state index in [0.29, 0.717) is 0 Å². The van der Waals surface area contributed by atoms with Crippen LogP contribution in [0.15, 0.2) is 243 Å². The maximum atomic E-state index is 2.51. The van der Waals surface area contributed by atoms with Crippen LogP contribution in [-0.2, 0) is 0 Å². The van der Waals surface area contributed by atoms with E-state index in [9.17, 15) is 0 Å². The van der Waals surface area contributed by atoms with Gasteiger partial charge in [0.1, 0.15) is 0 Å². The lowest BCUT2D eigenvalue weighted by Gasteiger charge is -2.15. The highest BCUT2D eigenvalue weighted by atomic mass is 15.0. The lowest BCUT2D eigenvalue weighted by molar-refractivity contribution is 1.19. The third-order valence-corrected chi connectivity index (χ3v) is 14.9. The molecule has 0 fully saturated rings. The van der Waals surface area contributed by atoms with E-state index in [1.165, 1.54) is 130 Å². The molecule has 0 bridgehead atoms. The lowest BCUT2D eigenvalue weighted by Crippen LogP contribution is -1.94. The van der Waals surface area contributed by atoms with Crippen LogP contribution in [0.3, 0.4) is 0 Å². The standard InChI is InChI=1S/C66H40N2/c1-3-19-45-43(17-1)51-35-33-41(67-63-29-13-9-25-53(63)54-26-10-14-30-64(54)67)37-57(51)47-21-5-7-23-49(47)61-40-62-50-24-8-6-22-48(50)58-38-42(68-65-31-15-11-27-55(65)56-28-12-16-32-66(56)68)34-36-52(58)44-18-2-4-20-46(44)60(62)39-59(45)61/h1-40H. The summed E-state index contributed by atoms with van der Waals surface area (Å²) in [5.74, 6) is 0. The smallest absolute Gasteiger partial charge is 0.0541 e. The number of para-hydroxylation sites is 4. The Labute approximate surface area is 391 Å². The number of aromatic nitrogens is 2. The summed E-state index contributed by atoms with van der Waals surface area (Å²) >= 11 is 0. The highest BCUT2D eigenvalue weighted by Gasteiger charge is 2.18. The first kappa shape index (κ1) is 37.3. The third kappa shape index (κ3) is 5.23. The molecular weight excluding hydrogens is 821 g/mol. The van der Waals surface area contributed by atoms with Gasteiger partial charge in [0, 0.05) is 32.9 Å². The molecule has 0 N–H and O–H groups in total. The molecule has 2 heterocycles. The van der Waals surface area contributed by atoms with Crippen molar-refractivity contribution in [1.29, 1.82) is 0 Å². The Hall–Kier alpha value is -8.98. The van der Waals surface area contributed by atoms with E-state index >= 15 is 0 Å². The monoisotopic (exact) mass is 860 g/mol. The van der Waals surface area contributed by atoms with Gasteiger partial charge in [0.25, 0.3) is 0 Å². The number of hydrogen-bond acceptors (Lipinski definition) is 0. The highest BCUT2D eigenvalue weighted by Crippen LogP contribution is 2.43. The predicted molar refractivity (Wildman–Crippen MR) is 293 cm³/mol. The first-order valence-electron chi connectivity index (χ1n) is 23.6. The SMILES string of the molecule is c1ccc2c(c1)c1ccc(-n3c4ccccc4c4ccccc43)cc1c1ccccc1c1cc3c4ccccc4c4cc(-n5c6ccccc6c6ccccc65)ccc4c4ccccc4c3cc21. The molecule has 2 aromatic heterocycles. The molecule has 15 rings (SSSR count). The number of hydrogen-bond donors (Lipinski definition) is 0. The minimum absolute atomic E-state index is 1.15. The van der Waals surface area contributed by atoms with E-state index in [-0.39, 0.29) is 0 Å². The number of benzene rings is 11. The zero-order chi connectivity index (χ0) is 44.5. The maximum absolute atomic E-state index is 2.51. The molecule has 0 aliphatic rings. The van der Waals surface area contributed by atoms with E-state index in [1.54, 1.807) is 0 Å².